The summed E-state index contributed by atoms with van der Waals surface area (Å²) < 4.78 is 7.92. The summed E-state index contributed by atoms with van der Waals surface area (Å²) in [6, 6.07) is 25.1. The van der Waals surface area contributed by atoms with E-state index in [4.69, 9.17) is 4.74 Å². The van der Waals surface area contributed by atoms with Gasteiger partial charge < -0.3 is 0 Å². The van der Waals surface area contributed by atoms with Crippen LogP contribution in [0, 0.1) is 39.9 Å². The van der Waals surface area contributed by atoms with Gasteiger partial charge >= 0.3 is 185 Å². The van der Waals surface area contributed by atoms with Crippen molar-refractivity contribution >= 4 is 44.8 Å². The number of rotatable bonds is 7. The van der Waals surface area contributed by atoms with Gasteiger partial charge in [-0.1, -0.05) is 0 Å². The van der Waals surface area contributed by atoms with E-state index < -0.39 is 11.3 Å². The van der Waals surface area contributed by atoms with E-state index in [1.807, 2.05) is 36.4 Å². The zero-order valence-corrected chi connectivity index (χ0v) is 19.6. The van der Waals surface area contributed by atoms with Gasteiger partial charge in [0.1, 0.15) is 0 Å². The second kappa shape index (κ2) is 10.1. The van der Waals surface area contributed by atoms with Crippen LogP contribution < -0.4 is 8.92 Å². The van der Waals surface area contributed by atoms with E-state index in [9.17, 15) is 15.3 Å². The number of nitriles is 2. The summed E-state index contributed by atoms with van der Waals surface area (Å²) in [6.07, 6.45) is 0.854. The van der Waals surface area contributed by atoms with Crippen LogP contribution in [-0.2, 0) is 9.53 Å². The summed E-state index contributed by atoms with van der Waals surface area (Å²) in [5.74, 6) is -1.08. The van der Waals surface area contributed by atoms with Crippen molar-refractivity contribution in [3.63, 3.8) is 0 Å². The molecule has 0 radical (unpaired) electrons. The number of carbonyl (C=O) groups excluding carboxylic acids is 1. The molecule has 1 fully saturated rings. The summed E-state index contributed by atoms with van der Waals surface area (Å²) in [5, 5.41) is 19.5. The van der Waals surface area contributed by atoms with Crippen molar-refractivity contribution in [2.45, 2.75) is 23.5 Å². The average molecular weight is 516 g/mol. The second-order valence-electron chi connectivity index (χ2n) is 6.90. The first-order valence-electron chi connectivity index (χ1n) is 9.54. The molecule has 0 amide bonds. The number of carbonyl (C=O) groups is 1. The first-order chi connectivity index (χ1) is 14.1. The summed E-state index contributed by atoms with van der Waals surface area (Å²) in [6.45, 7) is 2.07. The quantitative estimate of drug-likeness (QED) is 0.419. The van der Waals surface area contributed by atoms with Crippen LogP contribution in [-0.4, -0.2) is 42.5 Å². The molecule has 0 N–H and O–H groups in total. The average Bonchev–Trinajstić information content (AvgIpc) is 3.15. The molecule has 0 heterocycles. The van der Waals surface area contributed by atoms with Crippen LogP contribution in [0.4, 0.5) is 0 Å². The first kappa shape index (κ1) is 21.6. The standard InChI is InChI=1S/C23H22N2O2Se2/c1-2-27-21(26)23(14-17(15-24)13-18(23)16-25)22(28-19-9-5-3-6-10-19)29-20-11-7-4-8-12-20/h3-12,17-18,22H,2,13-14H2,1H3/t17-,18+,23-/m0/s1. The predicted octanol–water partition coefficient (Wildman–Crippen LogP) is 2.41. The van der Waals surface area contributed by atoms with Crippen molar-refractivity contribution in [3.05, 3.63) is 60.7 Å². The molecule has 3 atom stereocenters. The molecule has 0 bridgehead atoms. The van der Waals surface area contributed by atoms with Crippen LogP contribution in [0.15, 0.2) is 60.7 Å². The van der Waals surface area contributed by atoms with Crippen molar-refractivity contribution in [1.29, 1.82) is 10.5 Å². The molecular formula is C23H22N2O2Se2. The van der Waals surface area contributed by atoms with Crippen molar-refractivity contribution in [3.8, 4) is 12.1 Å². The number of hydrogen-bond donors (Lipinski definition) is 0. The molecule has 1 aliphatic rings. The molecule has 0 aromatic heterocycles. The SMILES string of the molecule is CCOC(=O)[C@]1(C([Se]c2ccccc2)[Se]c2ccccc2)C[C@@H](C#N)C[C@@H]1C#N. The van der Waals surface area contributed by atoms with E-state index >= 15 is 0 Å². The van der Waals surface area contributed by atoms with Crippen molar-refractivity contribution in [1.82, 2.24) is 0 Å². The molecule has 6 heteroatoms. The summed E-state index contributed by atoms with van der Waals surface area (Å²) in [4.78, 5) is 13.4. The van der Waals surface area contributed by atoms with Crippen LogP contribution >= 0.6 is 0 Å². The fourth-order valence-corrected chi connectivity index (χ4v) is 11.5. The topological polar surface area (TPSA) is 73.9 Å². The molecule has 148 valence electrons. The van der Waals surface area contributed by atoms with Crippen molar-refractivity contribution < 1.29 is 9.53 Å². The molecule has 0 aliphatic heterocycles. The van der Waals surface area contributed by atoms with Crippen molar-refractivity contribution in [2.75, 3.05) is 6.61 Å². The normalized spacial score (nSPS) is 23.3. The number of benzene rings is 2. The first-order valence-corrected chi connectivity index (χ1v) is 13.2. The summed E-state index contributed by atoms with van der Waals surface area (Å²) in [5.41, 5.74) is -0.920. The molecule has 2 aromatic rings. The molecule has 2 aromatic carbocycles. The van der Waals surface area contributed by atoms with E-state index in [0.29, 0.717) is 12.8 Å². The maximum absolute atomic E-state index is 13.4. The molecule has 29 heavy (non-hydrogen) atoms. The van der Waals surface area contributed by atoms with Gasteiger partial charge in [-0.15, -0.1) is 0 Å². The van der Waals surface area contributed by atoms with Gasteiger partial charge in [0.25, 0.3) is 0 Å². The number of nitrogens with zero attached hydrogens (tertiary/aromatic N) is 2. The minimum absolute atomic E-state index is 0.00523. The number of esters is 1. The third kappa shape index (κ3) is 4.75. The van der Waals surface area contributed by atoms with Crippen molar-refractivity contribution in [2.24, 2.45) is 17.3 Å². The van der Waals surface area contributed by atoms with Gasteiger partial charge in [0.2, 0.25) is 0 Å². The molecule has 4 nitrogen and oxygen atoms in total. The maximum atomic E-state index is 13.4. The van der Waals surface area contributed by atoms with Crippen LogP contribution in [0.2, 0.25) is 3.71 Å². The zero-order chi connectivity index (χ0) is 20.7. The molecular weight excluding hydrogens is 494 g/mol. The van der Waals surface area contributed by atoms with E-state index in [-0.39, 0.29) is 52.1 Å². The Bertz CT molecular complexity index is 866. The van der Waals surface area contributed by atoms with Gasteiger partial charge in [0.05, 0.1) is 0 Å². The van der Waals surface area contributed by atoms with E-state index in [0.717, 1.165) is 0 Å². The Morgan fingerprint density at radius 2 is 1.62 bits per heavy atom. The van der Waals surface area contributed by atoms with Gasteiger partial charge in [-0.2, -0.15) is 0 Å². The zero-order valence-electron chi connectivity index (χ0n) is 16.2. The second-order valence-corrected chi connectivity index (χ2v) is 13.4. The van der Waals surface area contributed by atoms with Gasteiger partial charge in [-0.3, -0.25) is 0 Å². The Balaban J connectivity index is 2.07. The molecule has 1 saturated carbocycles. The molecule has 1 aliphatic carbocycles. The Labute approximate surface area is 184 Å². The van der Waals surface area contributed by atoms with E-state index in [2.05, 4.69) is 36.4 Å². The molecule has 0 unspecified atom stereocenters. The Morgan fingerprint density at radius 3 is 2.07 bits per heavy atom. The third-order valence-corrected chi connectivity index (χ3v) is 12.2. The van der Waals surface area contributed by atoms with E-state index in [1.165, 1.54) is 8.92 Å². The van der Waals surface area contributed by atoms with Gasteiger partial charge in [0, 0.05) is 0 Å². The Kier molecular flexibility index (Phi) is 7.54. The monoisotopic (exact) mass is 518 g/mol. The Hall–Kier alpha value is -2.07. The summed E-state index contributed by atoms with van der Waals surface area (Å²) in [7, 11) is 0. The molecule has 3 rings (SSSR count). The van der Waals surface area contributed by atoms with E-state index in [1.54, 1.807) is 6.92 Å². The molecule has 0 spiro atoms. The minimum atomic E-state index is -0.920. The van der Waals surface area contributed by atoms with Gasteiger partial charge in [0.15, 0.2) is 0 Å². The predicted molar refractivity (Wildman–Crippen MR) is 114 cm³/mol. The Morgan fingerprint density at radius 1 is 1.07 bits per heavy atom. The summed E-state index contributed by atoms with van der Waals surface area (Å²) >= 11 is -0.0490. The number of ether oxygens (including phenoxy) is 1. The molecule has 0 saturated heterocycles. The van der Waals surface area contributed by atoms with Crippen LogP contribution in [0.25, 0.3) is 0 Å². The van der Waals surface area contributed by atoms with Crippen LogP contribution in [0.3, 0.4) is 0 Å². The van der Waals surface area contributed by atoms with Gasteiger partial charge in [-0.25, -0.2) is 0 Å². The van der Waals surface area contributed by atoms with Crippen LogP contribution in [0.5, 0.6) is 0 Å². The number of hydrogen-bond acceptors (Lipinski definition) is 4. The van der Waals surface area contributed by atoms with Gasteiger partial charge in [-0.05, 0) is 0 Å². The fraction of sp³-hybridized carbons (Fsp3) is 0.348. The van der Waals surface area contributed by atoms with Crippen LogP contribution in [0.1, 0.15) is 19.8 Å². The fourth-order valence-electron chi connectivity index (χ4n) is 3.72. The third-order valence-electron chi connectivity index (χ3n) is 5.11.